The molecule has 0 atom stereocenters. The van der Waals surface area contributed by atoms with E-state index in [4.69, 9.17) is 16.1 Å². The van der Waals surface area contributed by atoms with Crippen LogP contribution in [0.1, 0.15) is 48.7 Å². The van der Waals surface area contributed by atoms with Crippen molar-refractivity contribution in [1.82, 2.24) is 10.1 Å². The number of nitrogens with zero attached hydrogens (tertiary/aromatic N) is 3. The van der Waals surface area contributed by atoms with Gasteiger partial charge in [-0.3, -0.25) is 9.69 Å². The summed E-state index contributed by atoms with van der Waals surface area (Å²) >= 11 is 6.15. The lowest BCUT2D eigenvalue weighted by atomic mass is 9.71. The van der Waals surface area contributed by atoms with Crippen LogP contribution >= 0.6 is 11.6 Å². The summed E-state index contributed by atoms with van der Waals surface area (Å²) < 4.78 is 5.35. The normalized spacial score (nSPS) is 22.5. The van der Waals surface area contributed by atoms with Crippen molar-refractivity contribution in [2.45, 2.75) is 38.1 Å². The number of nitrogens with one attached hydrogen (secondary N) is 1. The van der Waals surface area contributed by atoms with Gasteiger partial charge in [-0.05, 0) is 79.6 Å². The van der Waals surface area contributed by atoms with Crippen LogP contribution in [0.15, 0.2) is 77.3 Å². The Hall–Kier alpha value is -3.35. The van der Waals surface area contributed by atoms with Crippen LogP contribution in [0.4, 0.5) is 11.4 Å². The van der Waals surface area contributed by atoms with Gasteiger partial charge in [0.1, 0.15) is 0 Å². The van der Waals surface area contributed by atoms with Gasteiger partial charge >= 0.3 is 0 Å². The van der Waals surface area contributed by atoms with E-state index in [9.17, 15) is 4.79 Å². The minimum absolute atomic E-state index is 0.0237. The predicted octanol–water partition coefficient (Wildman–Crippen LogP) is 6.96. The Morgan fingerprint density at radius 1 is 0.974 bits per heavy atom. The average Bonchev–Trinajstić information content (AvgIpc) is 3.38. The van der Waals surface area contributed by atoms with Gasteiger partial charge in [0.25, 0.3) is 5.91 Å². The second kappa shape index (κ2) is 10.4. The predicted molar refractivity (Wildman–Crippen MR) is 153 cm³/mol. The van der Waals surface area contributed by atoms with Crippen molar-refractivity contribution in [2.24, 2.45) is 5.92 Å². The molecule has 1 saturated carbocycles. The van der Waals surface area contributed by atoms with E-state index in [2.05, 4.69) is 75.7 Å². The lowest BCUT2D eigenvalue weighted by Crippen LogP contribution is -2.56. The monoisotopic (exact) mass is 528 g/mol. The molecule has 0 unspecified atom stereocenters. The molecule has 6 nitrogen and oxygen atoms in total. The number of rotatable bonds is 5. The Morgan fingerprint density at radius 2 is 1.74 bits per heavy atom. The first-order valence-electron chi connectivity index (χ1n) is 13.5. The van der Waals surface area contributed by atoms with Crippen molar-refractivity contribution < 1.29 is 9.32 Å². The fraction of sp³-hybridized carbons (Fsp3) is 0.355. The molecule has 38 heavy (non-hydrogen) atoms. The molecule has 196 valence electrons. The highest BCUT2D eigenvalue weighted by atomic mass is 35.5. The number of carbonyl (C=O) groups excluding carboxylic acids is 1. The van der Waals surface area contributed by atoms with Gasteiger partial charge in [0.2, 0.25) is 0 Å². The van der Waals surface area contributed by atoms with Crippen LogP contribution in [-0.4, -0.2) is 42.1 Å². The first kappa shape index (κ1) is 25.0. The Bertz CT molecular complexity index is 1420. The van der Waals surface area contributed by atoms with E-state index in [0.717, 1.165) is 50.6 Å². The highest BCUT2D eigenvalue weighted by molar-refractivity contribution is 6.31. The minimum atomic E-state index is -0.300. The number of aromatic nitrogens is 1. The van der Waals surface area contributed by atoms with Crippen LogP contribution in [0.25, 0.3) is 11.0 Å². The van der Waals surface area contributed by atoms with E-state index in [1.54, 1.807) is 18.2 Å². The number of anilines is 2. The summed E-state index contributed by atoms with van der Waals surface area (Å²) in [6.07, 6.45) is 4.68. The first-order valence-corrected chi connectivity index (χ1v) is 13.9. The molecule has 1 saturated heterocycles. The zero-order valence-corrected chi connectivity index (χ0v) is 22.5. The van der Waals surface area contributed by atoms with Crippen molar-refractivity contribution >= 4 is 39.9 Å². The molecule has 0 bridgehead atoms. The lowest BCUT2D eigenvalue weighted by Gasteiger charge is -2.51. The van der Waals surface area contributed by atoms with Crippen molar-refractivity contribution in [3.8, 4) is 0 Å². The number of piperazine rings is 1. The van der Waals surface area contributed by atoms with Gasteiger partial charge in [-0.15, -0.1) is 0 Å². The Morgan fingerprint density at radius 3 is 2.50 bits per heavy atom. The second-order valence-electron chi connectivity index (χ2n) is 10.7. The summed E-state index contributed by atoms with van der Waals surface area (Å²) in [6.45, 7) is 6.43. The SMILES string of the molecule is C[C@H]1CC[C@](c2cccc(NC(=O)c3noc4ccc(Cl)cc34)c2)(N2CCN(c3ccccc3)CC2)CC1. The van der Waals surface area contributed by atoms with Crippen molar-refractivity contribution in [3.05, 3.63) is 89.1 Å². The van der Waals surface area contributed by atoms with E-state index >= 15 is 0 Å². The summed E-state index contributed by atoms with van der Waals surface area (Å²) in [6, 6.07) is 24.3. The number of hydrogen-bond donors (Lipinski definition) is 1. The number of para-hydroxylation sites is 1. The molecule has 0 radical (unpaired) electrons. The number of amides is 1. The smallest absolute Gasteiger partial charge is 0.278 e. The summed E-state index contributed by atoms with van der Waals surface area (Å²) in [5, 5.41) is 8.23. The standard InChI is InChI=1S/C31H33ClN4O2/c1-22-12-14-31(15-13-22,36-18-16-35(17-19-36)26-8-3-2-4-9-26)23-6-5-7-25(20-23)33-30(37)29-27-21-24(32)10-11-28(27)38-34-29/h2-11,20-22H,12-19H2,1H3,(H,33,37)/t22-,31-. The van der Waals surface area contributed by atoms with Gasteiger partial charge in [-0.2, -0.15) is 0 Å². The molecule has 1 aliphatic heterocycles. The van der Waals surface area contributed by atoms with Gasteiger partial charge in [0.05, 0.1) is 5.39 Å². The van der Waals surface area contributed by atoms with Crippen LogP contribution < -0.4 is 10.2 Å². The molecular weight excluding hydrogens is 496 g/mol. The Kier molecular flexibility index (Phi) is 6.85. The minimum Gasteiger partial charge on any atom is -0.369 e. The maximum atomic E-state index is 13.2. The lowest BCUT2D eigenvalue weighted by molar-refractivity contribution is 0.0299. The zero-order chi connectivity index (χ0) is 26.1. The Balaban J connectivity index is 1.25. The third kappa shape index (κ3) is 4.79. The van der Waals surface area contributed by atoms with Crippen LogP contribution in [-0.2, 0) is 5.54 Å². The molecule has 6 rings (SSSR count). The molecule has 1 amide bonds. The second-order valence-corrected chi connectivity index (χ2v) is 11.2. The number of carbonyl (C=O) groups is 1. The summed E-state index contributed by atoms with van der Waals surface area (Å²) in [5.41, 5.74) is 4.11. The topological polar surface area (TPSA) is 61.6 Å². The first-order chi connectivity index (χ1) is 18.5. The highest BCUT2D eigenvalue weighted by Gasteiger charge is 2.42. The molecular formula is C31H33ClN4O2. The van der Waals surface area contributed by atoms with Gasteiger partial charge in [-0.25, -0.2) is 0 Å². The van der Waals surface area contributed by atoms with Gasteiger partial charge < -0.3 is 14.7 Å². The number of halogens is 1. The largest absolute Gasteiger partial charge is 0.369 e. The zero-order valence-electron chi connectivity index (χ0n) is 21.7. The van der Waals surface area contributed by atoms with Gasteiger partial charge in [0, 0.05) is 48.1 Å². The van der Waals surface area contributed by atoms with Crippen molar-refractivity contribution in [2.75, 3.05) is 36.4 Å². The fourth-order valence-corrected chi connectivity index (χ4v) is 6.38. The van der Waals surface area contributed by atoms with E-state index < -0.39 is 0 Å². The van der Waals surface area contributed by atoms with Crippen LogP contribution in [0, 0.1) is 5.92 Å². The molecule has 1 aromatic heterocycles. The molecule has 7 heteroatoms. The number of hydrogen-bond acceptors (Lipinski definition) is 5. The summed E-state index contributed by atoms with van der Waals surface area (Å²) in [5.74, 6) is 0.440. The van der Waals surface area contributed by atoms with Crippen LogP contribution in [0.3, 0.4) is 0 Å². The molecule has 2 heterocycles. The molecule has 1 aliphatic carbocycles. The van der Waals surface area contributed by atoms with Gasteiger partial charge in [-0.1, -0.05) is 54.0 Å². The molecule has 3 aromatic carbocycles. The molecule has 4 aromatic rings. The maximum absolute atomic E-state index is 13.2. The van der Waals surface area contributed by atoms with Crippen molar-refractivity contribution in [1.29, 1.82) is 0 Å². The highest BCUT2D eigenvalue weighted by Crippen LogP contribution is 2.45. The van der Waals surface area contributed by atoms with Crippen molar-refractivity contribution in [3.63, 3.8) is 0 Å². The maximum Gasteiger partial charge on any atom is 0.278 e. The van der Waals surface area contributed by atoms with E-state index in [-0.39, 0.29) is 17.1 Å². The number of fused-ring (bicyclic) bond motifs is 1. The molecule has 2 aliphatic rings. The molecule has 0 spiro atoms. The molecule has 1 N–H and O–H groups in total. The van der Waals surface area contributed by atoms with E-state index in [1.165, 1.54) is 24.1 Å². The van der Waals surface area contributed by atoms with E-state index in [0.29, 0.717) is 16.0 Å². The average molecular weight is 529 g/mol. The Labute approximate surface area is 228 Å². The molecule has 2 fully saturated rings. The summed E-state index contributed by atoms with van der Waals surface area (Å²) in [4.78, 5) is 18.4. The third-order valence-corrected chi connectivity index (χ3v) is 8.65. The summed E-state index contributed by atoms with van der Waals surface area (Å²) in [7, 11) is 0. The fourth-order valence-electron chi connectivity index (χ4n) is 6.21. The number of benzene rings is 3. The van der Waals surface area contributed by atoms with Crippen LogP contribution in [0.2, 0.25) is 5.02 Å². The van der Waals surface area contributed by atoms with E-state index in [1.807, 2.05) is 6.07 Å². The third-order valence-electron chi connectivity index (χ3n) is 8.41. The quantitative estimate of drug-likeness (QED) is 0.303. The van der Waals surface area contributed by atoms with Gasteiger partial charge in [0.15, 0.2) is 11.3 Å². The van der Waals surface area contributed by atoms with Crippen LogP contribution in [0.5, 0.6) is 0 Å².